The second kappa shape index (κ2) is 5.01. The van der Waals surface area contributed by atoms with Crippen LogP contribution in [0.5, 0.6) is 5.75 Å². The highest BCUT2D eigenvalue weighted by atomic mass is 32.2. The molecule has 2 nitrogen and oxygen atoms in total. The van der Waals surface area contributed by atoms with Gasteiger partial charge >= 0.3 is 5.51 Å². The first-order chi connectivity index (χ1) is 8.37. The Labute approximate surface area is 107 Å². The Hall–Kier alpha value is -0.880. The molecule has 100 valence electrons. The maximum Gasteiger partial charge on any atom is 0.446 e. The standard InChI is InChI=1S/C12H14F3NOS/c13-12(14,15)18-8-4-5-10(17)9(6-8)11(16)7-2-1-3-7/h4-7,11,17H,1-3,16H2/t11-/m1/s1. The summed E-state index contributed by atoms with van der Waals surface area (Å²) in [5, 5.41) is 9.70. The van der Waals surface area contributed by atoms with Gasteiger partial charge in [-0.25, -0.2) is 0 Å². The lowest BCUT2D eigenvalue weighted by Crippen LogP contribution is -2.26. The van der Waals surface area contributed by atoms with Crippen molar-refractivity contribution >= 4 is 11.8 Å². The van der Waals surface area contributed by atoms with E-state index in [1.165, 1.54) is 18.2 Å². The zero-order valence-electron chi connectivity index (χ0n) is 9.57. The van der Waals surface area contributed by atoms with E-state index < -0.39 is 5.51 Å². The summed E-state index contributed by atoms with van der Waals surface area (Å²) >= 11 is -0.188. The van der Waals surface area contributed by atoms with Gasteiger partial charge in [-0.15, -0.1) is 0 Å². The molecule has 0 amide bonds. The van der Waals surface area contributed by atoms with E-state index in [9.17, 15) is 18.3 Å². The van der Waals surface area contributed by atoms with E-state index in [1.54, 1.807) is 0 Å². The molecule has 0 bridgehead atoms. The van der Waals surface area contributed by atoms with Crippen molar-refractivity contribution in [2.24, 2.45) is 11.7 Å². The van der Waals surface area contributed by atoms with E-state index in [0.29, 0.717) is 5.56 Å². The molecule has 0 aromatic heterocycles. The first-order valence-corrected chi connectivity index (χ1v) is 6.53. The highest BCUT2D eigenvalue weighted by molar-refractivity contribution is 8.00. The van der Waals surface area contributed by atoms with Gasteiger partial charge in [-0.2, -0.15) is 13.2 Å². The lowest BCUT2D eigenvalue weighted by molar-refractivity contribution is -0.0328. The van der Waals surface area contributed by atoms with Gasteiger partial charge in [-0.1, -0.05) is 6.42 Å². The van der Waals surface area contributed by atoms with E-state index in [0.717, 1.165) is 19.3 Å². The monoisotopic (exact) mass is 277 g/mol. The zero-order chi connectivity index (χ0) is 13.3. The summed E-state index contributed by atoms with van der Waals surface area (Å²) in [6.45, 7) is 0. The molecule has 3 N–H and O–H groups in total. The Morgan fingerprint density at radius 1 is 1.33 bits per heavy atom. The fraction of sp³-hybridized carbons (Fsp3) is 0.500. The van der Waals surface area contributed by atoms with Crippen LogP contribution < -0.4 is 5.73 Å². The van der Waals surface area contributed by atoms with E-state index >= 15 is 0 Å². The molecular weight excluding hydrogens is 263 g/mol. The molecule has 1 aromatic carbocycles. The zero-order valence-corrected chi connectivity index (χ0v) is 10.4. The quantitative estimate of drug-likeness (QED) is 0.826. The van der Waals surface area contributed by atoms with E-state index in [1.807, 2.05) is 0 Å². The van der Waals surface area contributed by atoms with Crippen molar-refractivity contribution < 1.29 is 18.3 Å². The number of phenolic OH excluding ortho intramolecular Hbond substituents is 1. The third-order valence-corrected chi connectivity index (χ3v) is 3.97. The molecule has 18 heavy (non-hydrogen) atoms. The third-order valence-electron chi connectivity index (χ3n) is 3.25. The molecule has 1 aliphatic rings. The number of hydrogen-bond acceptors (Lipinski definition) is 3. The van der Waals surface area contributed by atoms with Crippen LogP contribution in [-0.2, 0) is 0 Å². The Morgan fingerprint density at radius 2 is 2.00 bits per heavy atom. The van der Waals surface area contributed by atoms with Gasteiger partial charge in [0.05, 0.1) is 0 Å². The molecule has 0 unspecified atom stereocenters. The highest BCUT2D eigenvalue weighted by Crippen LogP contribution is 2.42. The minimum absolute atomic E-state index is 0.0269. The lowest BCUT2D eigenvalue weighted by Gasteiger charge is -2.31. The lowest BCUT2D eigenvalue weighted by atomic mass is 9.77. The maximum atomic E-state index is 12.3. The second-order valence-corrected chi connectivity index (χ2v) is 5.62. The molecule has 0 aliphatic heterocycles. The Kier molecular flexibility index (Phi) is 3.77. The van der Waals surface area contributed by atoms with Gasteiger partial charge in [0.15, 0.2) is 0 Å². The summed E-state index contributed by atoms with van der Waals surface area (Å²) in [6.07, 6.45) is 3.03. The van der Waals surface area contributed by atoms with Crippen LogP contribution in [0.25, 0.3) is 0 Å². The minimum atomic E-state index is -4.32. The fourth-order valence-corrected chi connectivity index (χ4v) is 2.64. The number of nitrogens with two attached hydrogens (primary N) is 1. The van der Waals surface area contributed by atoms with E-state index in [4.69, 9.17) is 5.73 Å². The number of aromatic hydroxyl groups is 1. The molecule has 1 aliphatic carbocycles. The number of halogens is 3. The van der Waals surface area contributed by atoms with Crippen molar-refractivity contribution in [3.8, 4) is 5.75 Å². The Bertz CT molecular complexity index is 432. The molecule has 1 saturated carbocycles. The van der Waals surface area contributed by atoms with Crippen LogP contribution in [0.1, 0.15) is 30.9 Å². The van der Waals surface area contributed by atoms with Crippen molar-refractivity contribution in [3.05, 3.63) is 23.8 Å². The molecule has 1 aromatic rings. The van der Waals surface area contributed by atoms with Crippen LogP contribution in [0.15, 0.2) is 23.1 Å². The predicted molar refractivity (Wildman–Crippen MR) is 64.3 cm³/mol. The normalized spacial score (nSPS) is 18.4. The Balaban J connectivity index is 2.20. The largest absolute Gasteiger partial charge is 0.508 e. The van der Waals surface area contributed by atoms with Crippen LogP contribution in [0.3, 0.4) is 0 Å². The molecule has 0 saturated heterocycles. The van der Waals surface area contributed by atoms with Crippen molar-refractivity contribution in [2.75, 3.05) is 0 Å². The summed E-state index contributed by atoms with van der Waals surface area (Å²) in [5.41, 5.74) is 2.07. The topological polar surface area (TPSA) is 46.2 Å². The van der Waals surface area contributed by atoms with Gasteiger partial charge in [0.2, 0.25) is 0 Å². The average Bonchev–Trinajstić information content (AvgIpc) is 2.16. The molecule has 2 rings (SSSR count). The van der Waals surface area contributed by atoms with Gasteiger partial charge in [-0.3, -0.25) is 0 Å². The predicted octanol–water partition coefficient (Wildman–Crippen LogP) is 3.80. The molecule has 1 fully saturated rings. The fourth-order valence-electron chi connectivity index (χ4n) is 2.05. The summed E-state index contributed by atoms with van der Waals surface area (Å²) in [6, 6.07) is 3.50. The average molecular weight is 277 g/mol. The van der Waals surface area contributed by atoms with Gasteiger partial charge in [0.1, 0.15) is 5.75 Å². The first-order valence-electron chi connectivity index (χ1n) is 5.71. The Morgan fingerprint density at radius 3 is 2.50 bits per heavy atom. The molecule has 0 radical (unpaired) electrons. The van der Waals surface area contributed by atoms with Crippen molar-refractivity contribution in [3.63, 3.8) is 0 Å². The number of phenols is 1. The summed E-state index contributed by atoms with van der Waals surface area (Å²) < 4.78 is 36.8. The van der Waals surface area contributed by atoms with E-state index in [2.05, 4.69) is 0 Å². The summed E-state index contributed by atoms with van der Waals surface area (Å²) in [4.78, 5) is 0.0603. The van der Waals surface area contributed by atoms with Crippen LogP contribution >= 0.6 is 11.8 Å². The first kappa shape index (κ1) is 13.5. The summed E-state index contributed by atoms with van der Waals surface area (Å²) in [7, 11) is 0. The van der Waals surface area contributed by atoms with Crippen molar-refractivity contribution in [1.29, 1.82) is 0 Å². The van der Waals surface area contributed by atoms with E-state index in [-0.39, 0.29) is 34.4 Å². The molecular formula is C12H14F3NOS. The van der Waals surface area contributed by atoms with Gasteiger partial charge < -0.3 is 10.8 Å². The maximum absolute atomic E-state index is 12.3. The van der Waals surface area contributed by atoms with Gasteiger partial charge in [0, 0.05) is 16.5 Å². The second-order valence-electron chi connectivity index (χ2n) is 4.49. The molecule has 0 spiro atoms. The van der Waals surface area contributed by atoms with Crippen LogP contribution in [0, 0.1) is 5.92 Å². The molecule has 6 heteroatoms. The number of benzene rings is 1. The van der Waals surface area contributed by atoms with Gasteiger partial charge in [0.25, 0.3) is 0 Å². The van der Waals surface area contributed by atoms with Crippen LogP contribution in [0.4, 0.5) is 13.2 Å². The SMILES string of the molecule is N[C@@H](c1cc(SC(F)(F)F)ccc1O)C1CCC1. The number of alkyl halides is 3. The van der Waals surface area contributed by atoms with Crippen molar-refractivity contribution in [2.45, 2.75) is 35.7 Å². The highest BCUT2D eigenvalue weighted by Gasteiger charge is 2.31. The van der Waals surface area contributed by atoms with Gasteiger partial charge in [-0.05, 0) is 48.7 Å². The summed E-state index contributed by atoms with van der Waals surface area (Å²) in [5.74, 6) is 0.239. The number of thioether (sulfide) groups is 1. The minimum Gasteiger partial charge on any atom is -0.508 e. The number of rotatable bonds is 3. The van der Waals surface area contributed by atoms with Crippen LogP contribution in [-0.4, -0.2) is 10.6 Å². The number of hydrogen-bond donors (Lipinski definition) is 2. The molecule has 1 atom stereocenters. The van der Waals surface area contributed by atoms with Crippen LogP contribution in [0.2, 0.25) is 0 Å². The third kappa shape index (κ3) is 3.11. The molecule has 0 heterocycles. The van der Waals surface area contributed by atoms with Crippen molar-refractivity contribution in [1.82, 2.24) is 0 Å². The smallest absolute Gasteiger partial charge is 0.446 e.